The van der Waals surface area contributed by atoms with Crippen LogP contribution in [-0.4, -0.2) is 72.1 Å². The van der Waals surface area contributed by atoms with Crippen LogP contribution in [0.1, 0.15) is 37.8 Å². The van der Waals surface area contributed by atoms with Crippen LogP contribution in [0.2, 0.25) is 0 Å². The number of amides is 2. The first-order valence-electron chi connectivity index (χ1n) is 11.9. The molecule has 2 saturated heterocycles. The van der Waals surface area contributed by atoms with Gasteiger partial charge in [0.15, 0.2) is 0 Å². The number of carbonyl (C=O) groups excluding carboxylic acids is 2. The van der Waals surface area contributed by atoms with Crippen molar-refractivity contribution >= 4 is 12.2 Å². The maximum Gasteiger partial charge on any atom is 0.410 e. The van der Waals surface area contributed by atoms with Gasteiger partial charge in [0.25, 0.3) is 0 Å². The normalized spacial score (nSPS) is 20.6. The minimum atomic E-state index is -0.556. The summed E-state index contributed by atoms with van der Waals surface area (Å²) in [4.78, 5) is 28.7. The largest absolute Gasteiger partial charge is 0.448 e. The van der Waals surface area contributed by atoms with E-state index in [1.807, 2.05) is 45.0 Å². The Kier molecular flexibility index (Phi) is 5.55. The van der Waals surface area contributed by atoms with E-state index in [4.69, 9.17) is 9.47 Å². The number of rotatable bonds is 3. The number of ether oxygens (including phenoxy) is 2. The molecule has 0 radical (unpaired) electrons. The molecule has 2 aliphatic heterocycles. The van der Waals surface area contributed by atoms with Crippen molar-refractivity contribution in [2.45, 2.75) is 32.3 Å². The van der Waals surface area contributed by atoms with E-state index in [0.717, 1.165) is 0 Å². The average molecular weight is 465 g/mol. The Balaban J connectivity index is 1.23. The number of benzene rings is 2. The smallest absolute Gasteiger partial charge is 0.410 e. The van der Waals surface area contributed by atoms with Crippen molar-refractivity contribution in [2.75, 3.05) is 39.4 Å². The Labute approximate surface area is 200 Å². The highest BCUT2D eigenvalue weighted by molar-refractivity contribution is 5.79. The molecule has 2 heterocycles. The second-order valence-electron chi connectivity index (χ2n) is 10.8. The number of aliphatic hydroxyl groups excluding tert-OH is 1. The molecule has 0 bridgehead atoms. The van der Waals surface area contributed by atoms with Gasteiger partial charge in [0.05, 0.1) is 0 Å². The van der Waals surface area contributed by atoms with Gasteiger partial charge < -0.3 is 24.4 Å². The third-order valence-electron chi connectivity index (χ3n) is 7.29. The van der Waals surface area contributed by atoms with Gasteiger partial charge in [0.1, 0.15) is 12.2 Å². The van der Waals surface area contributed by atoms with Gasteiger partial charge in [-0.25, -0.2) is 9.59 Å². The zero-order valence-electron chi connectivity index (χ0n) is 20.0. The molecule has 1 N–H and O–H groups in total. The van der Waals surface area contributed by atoms with E-state index >= 15 is 0 Å². The van der Waals surface area contributed by atoms with Crippen molar-refractivity contribution in [3.63, 3.8) is 0 Å². The molecular weight excluding hydrogens is 432 g/mol. The first-order chi connectivity index (χ1) is 16.2. The van der Waals surface area contributed by atoms with Crippen LogP contribution in [0.5, 0.6) is 0 Å². The van der Waals surface area contributed by atoms with Crippen LogP contribution in [0.15, 0.2) is 48.5 Å². The molecule has 2 amide bonds. The predicted octanol–water partition coefficient (Wildman–Crippen LogP) is 4.10. The molecule has 7 nitrogen and oxygen atoms in total. The molecule has 1 aliphatic carbocycles. The summed E-state index contributed by atoms with van der Waals surface area (Å²) in [6, 6.07) is 16.5. The van der Waals surface area contributed by atoms with Crippen molar-refractivity contribution in [1.82, 2.24) is 9.80 Å². The number of carbonyl (C=O) groups is 2. The molecule has 0 aromatic heterocycles. The fourth-order valence-corrected chi connectivity index (χ4v) is 5.64. The van der Waals surface area contributed by atoms with Gasteiger partial charge in [-0.3, -0.25) is 0 Å². The highest BCUT2D eigenvalue weighted by Crippen LogP contribution is 2.46. The number of fused-ring (bicyclic) bond motifs is 3. The Morgan fingerprint density at radius 2 is 1.50 bits per heavy atom. The average Bonchev–Trinajstić information content (AvgIpc) is 3.32. The van der Waals surface area contributed by atoms with Gasteiger partial charge in [-0.2, -0.15) is 0 Å². The number of hydrogen-bond acceptors (Lipinski definition) is 5. The van der Waals surface area contributed by atoms with E-state index in [2.05, 4.69) is 24.3 Å². The number of aliphatic hydroxyl groups is 1. The maximum absolute atomic E-state index is 13.0. The summed E-state index contributed by atoms with van der Waals surface area (Å²) in [5, 5.41) is 9.99. The molecule has 7 heteroatoms. The van der Waals surface area contributed by atoms with E-state index in [1.165, 1.54) is 22.3 Å². The summed E-state index contributed by atoms with van der Waals surface area (Å²) in [6.07, 6.45) is -0.720. The summed E-state index contributed by atoms with van der Waals surface area (Å²) in [7, 11) is 0. The molecule has 2 fully saturated rings. The lowest BCUT2D eigenvalue weighted by Gasteiger charge is -2.50. The van der Waals surface area contributed by atoms with Crippen LogP contribution in [-0.2, 0) is 9.47 Å². The van der Waals surface area contributed by atoms with Gasteiger partial charge in [-0.1, -0.05) is 48.5 Å². The molecule has 2 aromatic rings. The van der Waals surface area contributed by atoms with Crippen LogP contribution < -0.4 is 0 Å². The van der Waals surface area contributed by atoms with Crippen LogP contribution in [0.4, 0.5) is 9.59 Å². The topological polar surface area (TPSA) is 79.3 Å². The van der Waals surface area contributed by atoms with E-state index in [-0.39, 0.29) is 42.7 Å². The lowest BCUT2D eigenvalue weighted by atomic mass is 9.72. The number of nitrogens with zero attached hydrogens (tertiary/aromatic N) is 2. The third-order valence-corrected chi connectivity index (χ3v) is 7.29. The summed E-state index contributed by atoms with van der Waals surface area (Å²) < 4.78 is 11.3. The lowest BCUT2D eigenvalue weighted by Crippen LogP contribution is -2.63. The van der Waals surface area contributed by atoms with Crippen molar-refractivity contribution in [2.24, 2.45) is 11.3 Å². The summed E-state index contributed by atoms with van der Waals surface area (Å²) in [5.41, 5.74) is 3.87. The lowest BCUT2D eigenvalue weighted by molar-refractivity contribution is -0.0528. The Hall–Kier alpha value is -3.06. The van der Waals surface area contributed by atoms with Gasteiger partial charge >= 0.3 is 12.2 Å². The predicted molar refractivity (Wildman–Crippen MR) is 127 cm³/mol. The fourth-order valence-electron chi connectivity index (χ4n) is 5.64. The van der Waals surface area contributed by atoms with Crippen molar-refractivity contribution in [1.29, 1.82) is 0 Å². The monoisotopic (exact) mass is 464 g/mol. The van der Waals surface area contributed by atoms with Crippen molar-refractivity contribution < 1.29 is 24.2 Å². The van der Waals surface area contributed by atoms with Crippen molar-refractivity contribution in [3.05, 3.63) is 59.7 Å². The SMILES string of the molecule is CC(C)(C)OC(=O)N1CC2(CN(C(=O)OCC3c4ccccc4-c4ccccc43)CC2CO)C1. The molecular formula is C27H32N2O5. The standard InChI is InChI=1S/C27H32N2O5/c1-26(2,3)34-25(32)29-16-27(17-29)15-28(12-18(27)13-30)24(31)33-14-23-21-10-6-4-8-19(21)20-9-5-7-11-22(20)23/h4-11,18,23,30H,12-17H2,1-3H3. The van der Waals surface area contributed by atoms with E-state index in [0.29, 0.717) is 26.2 Å². The Morgan fingerprint density at radius 3 is 2.06 bits per heavy atom. The third kappa shape index (κ3) is 3.92. The Morgan fingerprint density at radius 1 is 0.941 bits per heavy atom. The molecule has 2 aromatic carbocycles. The maximum atomic E-state index is 13.0. The molecule has 5 rings (SSSR count). The van der Waals surface area contributed by atoms with Crippen LogP contribution in [0.3, 0.4) is 0 Å². The number of hydrogen-bond donors (Lipinski definition) is 1. The second kappa shape index (κ2) is 8.31. The van der Waals surface area contributed by atoms with Gasteiger partial charge in [0, 0.05) is 50.0 Å². The first-order valence-corrected chi connectivity index (χ1v) is 11.9. The summed E-state index contributed by atoms with van der Waals surface area (Å²) in [6.45, 7) is 7.59. The highest BCUT2D eigenvalue weighted by atomic mass is 16.6. The van der Waals surface area contributed by atoms with Crippen LogP contribution in [0, 0.1) is 11.3 Å². The van der Waals surface area contributed by atoms with Gasteiger partial charge in [-0.05, 0) is 43.0 Å². The van der Waals surface area contributed by atoms with Crippen molar-refractivity contribution in [3.8, 4) is 11.1 Å². The highest BCUT2D eigenvalue weighted by Gasteiger charge is 2.57. The minimum Gasteiger partial charge on any atom is -0.448 e. The zero-order chi connectivity index (χ0) is 24.1. The molecule has 1 unspecified atom stereocenters. The van der Waals surface area contributed by atoms with E-state index in [9.17, 15) is 14.7 Å². The molecule has 180 valence electrons. The van der Waals surface area contributed by atoms with Gasteiger partial charge in [-0.15, -0.1) is 0 Å². The number of likely N-dealkylation sites (tertiary alicyclic amines) is 2. The summed E-state index contributed by atoms with van der Waals surface area (Å²) in [5.74, 6) is -0.0837. The molecule has 0 saturated carbocycles. The molecule has 1 spiro atoms. The fraction of sp³-hybridized carbons (Fsp3) is 0.481. The van der Waals surface area contributed by atoms with Gasteiger partial charge in [0.2, 0.25) is 0 Å². The first kappa shape index (κ1) is 22.7. The zero-order valence-corrected chi connectivity index (χ0v) is 20.0. The Bertz CT molecular complexity index is 1060. The van der Waals surface area contributed by atoms with E-state index in [1.54, 1.807) is 9.80 Å². The van der Waals surface area contributed by atoms with Crippen LogP contribution in [0.25, 0.3) is 11.1 Å². The molecule has 3 aliphatic rings. The van der Waals surface area contributed by atoms with Crippen LogP contribution >= 0.6 is 0 Å². The van der Waals surface area contributed by atoms with E-state index < -0.39 is 5.60 Å². The summed E-state index contributed by atoms with van der Waals surface area (Å²) >= 11 is 0. The minimum absolute atomic E-state index is 0.00733. The second-order valence-corrected chi connectivity index (χ2v) is 10.8. The molecule has 34 heavy (non-hydrogen) atoms. The molecule has 1 atom stereocenters. The quantitative estimate of drug-likeness (QED) is 0.740.